The summed E-state index contributed by atoms with van der Waals surface area (Å²) in [6.45, 7) is 0. The van der Waals surface area contributed by atoms with Crippen LogP contribution in [0.5, 0.6) is 0 Å². The van der Waals surface area contributed by atoms with E-state index < -0.39 is 0 Å². The van der Waals surface area contributed by atoms with E-state index in [-0.39, 0.29) is 10.6 Å². The van der Waals surface area contributed by atoms with Crippen LogP contribution in [0.25, 0.3) is 27.7 Å². The van der Waals surface area contributed by atoms with Crippen molar-refractivity contribution in [3.8, 4) is 16.8 Å². The van der Waals surface area contributed by atoms with E-state index in [1.54, 1.807) is 18.2 Å². The Balaban J connectivity index is 1.93. The van der Waals surface area contributed by atoms with Crippen molar-refractivity contribution in [3.63, 3.8) is 0 Å². The number of benzene rings is 3. The van der Waals surface area contributed by atoms with E-state index in [4.69, 9.17) is 11.6 Å². The van der Waals surface area contributed by atoms with Crippen LogP contribution in [0.3, 0.4) is 0 Å². The fraction of sp³-hybridized carbons (Fsp3) is 0. The van der Waals surface area contributed by atoms with Gasteiger partial charge in [-0.2, -0.15) is 0 Å². The molecular weight excluding hydrogens is 336 g/mol. The Hall–Kier alpha value is -3.11. The Labute approximate surface area is 149 Å². The minimum absolute atomic E-state index is 0.0474. The second-order valence-corrected chi connectivity index (χ2v) is 6.03. The quantitative estimate of drug-likeness (QED) is 0.344. The minimum atomic E-state index is -0.384. The molecule has 1 heterocycles. The van der Waals surface area contributed by atoms with E-state index in [1.165, 1.54) is 6.07 Å². The molecule has 0 bridgehead atoms. The maximum absolute atomic E-state index is 11.3. The molecule has 0 aliphatic rings. The molecule has 0 unspecified atom stereocenters. The lowest BCUT2D eigenvalue weighted by molar-refractivity contribution is -0.384. The number of para-hydroxylation sites is 2. The topological polar surface area (TPSA) is 48.1 Å². The number of nitro benzene ring substituents is 1. The maximum atomic E-state index is 11.3. The van der Waals surface area contributed by atoms with Gasteiger partial charge in [0, 0.05) is 28.9 Å². The first-order chi connectivity index (χ1) is 12.2. The minimum Gasteiger partial charge on any atom is -0.317 e. The van der Waals surface area contributed by atoms with E-state index >= 15 is 0 Å². The molecule has 4 rings (SSSR count). The van der Waals surface area contributed by atoms with Crippen LogP contribution in [-0.4, -0.2) is 9.49 Å². The summed E-state index contributed by atoms with van der Waals surface area (Å²) in [5.74, 6) is 0. The molecule has 25 heavy (non-hydrogen) atoms. The van der Waals surface area contributed by atoms with Gasteiger partial charge in [0.1, 0.15) is 0 Å². The van der Waals surface area contributed by atoms with E-state index in [2.05, 4.69) is 0 Å². The van der Waals surface area contributed by atoms with Crippen molar-refractivity contribution in [3.05, 3.63) is 94.1 Å². The summed E-state index contributed by atoms with van der Waals surface area (Å²) < 4.78 is 2.05. The zero-order valence-electron chi connectivity index (χ0n) is 13.1. The van der Waals surface area contributed by atoms with Gasteiger partial charge in [-0.1, -0.05) is 48.0 Å². The first-order valence-corrected chi connectivity index (χ1v) is 8.13. The van der Waals surface area contributed by atoms with E-state index in [1.807, 2.05) is 59.3 Å². The van der Waals surface area contributed by atoms with Gasteiger partial charge < -0.3 is 4.57 Å². The highest BCUT2D eigenvalue weighted by Crippen LogP contribution is 2.39. The van der Waals surface area contributed by atoms with Crippen molar-refractivity contribution in [2.75, 3.05) is 0 Å². The van der Waals surface area contributed by atoms with Crippen molar-refractivity contribution in [2.24, 2.45) is 0 Å². The average molecular weight is 349 g/mol. The predicted octanol–water partition coefficient (Wildman–Crippen LogP) is 5.86. The van der Waals surface area contributed by atoms with Crippen LogP contribution in [0.1, 0.15) is 0 Å². The second kappa shape index (κ2) is 6.07. The highest BCUT2D eigenvalue weighted by Gasteiger charge is 2.18. The third-order valence-electron chi connectivity index (χ3n) is 4.23. The van der Waals surface area contributed by atoms with Gasteiger partial charge in [-0.3, -0.25) is 10.1 Å². The number of halogens is 1. The molecule has 0 spiro atoms. The molecule has 4 aromatic rings. The van der Waals surface area contributed by atoms with Crippen LogP contribution in [0.2, 0.25) is 5.02 Å². The highest BCUT2D eigenvalue weighted by atomic mass is 35.5. The van der Waals surface area contributed by atoms with Crippen molar-refractivity contribution in [1.82, 2.24) is 4.57 Å². The molecule has 5 heteroatoms. The van der Waals surface area contributed by atoms with Gasteiger partial charge in [0.05, 0.1) is 21.0 Å². The van der Waals surface area contributed by atoms with Crippen LogP contribution in [0.15, 0.2) is 79.0 Å². The van der Waals surface area contributed by atoms with E-state index in [0.717, 1.165) is 16.6 Å². The number of fused-ring (bicyclic) bond motifs is 1. The van der Waals surface area contributed by atoms with Crippen molar-refractivity contribution in [2.45, 2.75) is 0 Å². The summed E-state index contributed by atoms with van der Waals surface area (Å²) in [6.07, 6.45) is 1.95. The van der Waals surface area contributed by atoms with Gasteiger partial charge in [0.15, 0.2) is 0 Å². The number of hydrogen-bond acceptors (Lipinski definition) is 2. The van der Waals surface area contributed by atoms with Crippen LogP contribution >= 0.6 is 11.6 Å². The van der Waals surface area contributed by atoms with Crippen LogP contribution in [-0.2, 0) is 0 Å². The normalized spacial score (nSPS) is 10.9. The van der Waals surface area contributed by atoms with Crippen molar-refractivity contribution in [1.29, 1.82) is 0 Å². The van der Waals surface area contributed by atoms with Crippen LogP contribution in [0.4, 0.5) is 5.69 Å². The third-order valence-corrected chi connectivity index (χ3v) is 4.64. The lowest BCUT2D eigenvalue weighted by Gasteiger charge is -2.09. The Morgan fingerprint density at radius 1 is 0.840 bits per heavy atom. The Morgan fingerprint density at radius 2 is 1.56 bits per heavy atom. The number of nitro groups is 1. The molecule has 0 saturated carbocycles. The molecule has 4 nitrogen and oxygen atoms in total. The molecule has 122 valence electrons. The zero-order chi connectivity index (χ0) is 17.4. The first-order valence-electron chi connectivity index (χ1n) is 7.75. The van der Waals surface area contributed by atoms with Gasteiger partial charge in [-0.05, 0) is 30.3 Å². The zero-order valence-corrected chi connectivity index (χ0v) is 13.9. The fourth-order valence-corrected chi connectivity index (χ4v) is 3.39. The Kier molecular flexibility index (Phi) is 3.75. The Bertz CT molecular complexity index is 1090. The monoisotopic (exact) mass is 348 g/mol. The SMILES string of the molecule is O=[N+]([O-])c1ccccc1-c1ccc2c(ccn2-c2ccccc2)c1Cl. The summed E-state index contributed by atoms with van der Waals surface area (Å²) in [7, 11) is 0. The van der Waals surface area contributed by atoms with Crippen molar-refractivity contribution >= 4 is 28.2 Å². The summed E-state index contributed by atoms with van der Waals surface area (Å²) in [6, 6.07) is 22.3. The van der Waals surface area contributed by atoms with Crippen LogP contribution in [0, 0.1) is 10.1 Å². The largest absolute Gasteiger partial charge is 0.317 e. The molecule has 0 aliphatic carbocycles. The molecule has 0 amide bonds. The third kappa shape index (κ3) is 2.57. The van der Waals surface area contributed by atoms with Gasteiger partial charge >= 0.3 is 0 Å². The lowest BCUT2D eigenvalue weighted by atomic mass is 10.0. The van der Waals surface area contributed by atoms with Gasteiger partial charge in [0.2, 0.25) is 0 Å². The lowest BCUT2D eigenvalue weighted by Crippen LogP contribution is -1.93. The summed E-state index contributed by atoms with van der Waals surface area (Å²) in [4.78, 5) is 10.9. The van der Waals surface area contributed by atoms with Crippen molar-refractivity contribution < 1.29 is 4.92 Å². The first kappa shape index (κ1) is 15.4. The molecule has 0 aliphatic heterocycles. The maximum Gasteiger partial charge on any atom is 0.277 e. The number of rotatable bonds is 3. The summed E-state index contributed by atoms with van der Waals surface area (Å²) >= 11 is 6.62. The fourth-order valence-electron chi connectivity index (χ4n) is 3.06. The predicted molar refractivity (Wildman–Crippen MR) is 100 cm³/mol. The molecular formula is C20H13ClN2O2. The smallest absolute Gasteiger partial charge is 0.277 e. The molecule has 0 N–H and O–H groups in total. The molecule has 1 aromatic heterocycles. The molecule has 0 atom stereocenters. The van der Waals surface area contributed by atoms with E-state index in [9.17, 15) is 10.1 Å². The molecule has 0 fully saturated rings. The second-order valence-electron chi connectivity index (χ2n) is 5.66. The standard InChI is InChI=1S/C20H13ClN2O2/c21-20-16(15-8-4-5-9-19(15)23(24)25)10-11-18-17(20)12-13-22(18)14-6-2-1-3-7-14/h1-13H. The average Bonchev–Trinajstić information content (AvgIpc) is 3.08. The van der Waals surface area contributed by atoms with Gasteiger partial charge in [-0.25, -0.2) is 0 Å². The highest BCUT2D eigenvalue weighted by molar-refractivity contribution is 6.38. The number of aromatic nitrogens is 1. The molecule has 0 radical (unpaired) electrons. The summed E-state index contributed by atoms with van der Waals surface area (Å²) in [5, 5.41) is 12.7. The number of nitrogens with zero attached hydrogens (tertiary/aromatic N) is 2. The summed E-state index contributed by atoms with van der Waals surface area (Å²) in [5.41, 5.74) is 3.22. The Morgan fingerprint density at radius 3 is 2.32 bits per heavy atom. The molecule has 0 saturated heterocycles. The van der Waals surface area contributed by atoms with Gasteiger partial charge in [0.25, 0.3) is 5.69 Å². The van der Waals surface area contributed by atoms with E-state index in [0.29, 0.717) is 16.1 Å². The number of hydrogen-bond donors (Lipinski definition) is 0. The van der Waals surface area contributed by atoms with Gasteiger partial charge in [-0.15, -0.1) is 0 Å². The van der Waals surface area contributed by atoms with Crippen LogP contribution < -0.4 is 0 Å². The molecule has 3 aromatic carbocycles.